The van der Waals surface area contributed by atoms with Gasteiger partial charge >= 0.3 is 20.4 Å². The zero-order valence-corrected chi connectivity index (χ0v) is 32.1. The Morgan fingerprint density at radius 2 is 0.940 bits per heavy atom. The SMILES string of the molecule is CC1(C)c2ccc([n-]2)/C(c2ccccc2)=c2/cc/c(s2)=C(\c2ccccc2)c2ccc([n-]2)C(C)(C)c2c3c(c1p2-c1ccccc1)CCC3.[Pd+2]. The van der Waals surface area contributed by atoms with Crippen molar-refractivity contribution in [1.82, 2.24) is 9.97 Å². The Morgan fingerprint density at radius 1 is 0.520 bits per heavy atom. The molecule has 9 rings (SSSR count). The van der Waals surface area contributed by atoms with Gasteiger partial charge in [0, 0.05) is 9.06 Å². The molecule has 2 aliphatic rings. The summed E-state index contributed by atoms with van der Waals surface area (Å²) in [6, 6.07) is 46.6. The van der Waals surface area contributed by atoms with Gasteiger partial charge in [-0.25, -0.2) is 0 Å². The van der Waals surface area contributed by atoms with E-state index >= 15 is 0 Å². The Kier molecular flexibility index (Phi) is 8.45. The molecule has 250 valence electrons. The van der Waals surface area contributed by atoms with Crippen LogP contribution in [0.15, 0.2) is 127 Å². The second-order valence-electron chi connectivity index (χ2n) is 14.5. The van der Waals surface area contributed by atoms with Crippen LogP contribution in [0.25, 0.3) is 16.5 Å². The molecule has 1 aliphatic heterocycles. The normalized spacial score (nSPS) is 18.4. The van der Waals surface area contributed by atoms with Crippen molar-refractivity contribution < 1.29 is 20.4 Å². The van der Waals surface area contributed by atoms with Gasteiger partial charge in [-0.1, -0.05) is 150 Å². The third kappa shape index (κ3) is 5.24. The van der Waals surface area contributed by atoms with E-state index in [9.17, 15) is 0 Å². The Bertz CT molecular complexity index is 2310. The first-order valence-electron chi connectivity index (χ1n) is 17.4. The van der Waals surface area contributed by atoms with Crippen molar-refractivity contribution in [3.63, 3.8) is 0 Å². The zero-order chi connectivity index (χ0) is 33.3. The van der Waals surface area contributed by atoms with Gasteiger partial charge in [0.2, 0.25) is 0 Å². The van der Waals surface area contributed by atoms with E-state index in [1.165, 1.54) is 43.1 Å². The largest absolute Gasteiger partial charge is 2.00 e. The molecule has 4 aromatic heterocycles. The predicted octanol–water partition coefficient (Wildman–Crippen LogP) is 9.58. The quantitative estimate of drug-likeness (QED) is 0.167. The molecule has 50 heavy (non-hydrogen) atoms. The van der Waals surface area contributed by atoms with E-state index in [1.54, 1.807) is 21.7 Å². The van der Waals surface area contributed by atoms with Crippen molar-refractivity contribution in [2.45, 2.75) is 57.8 Å². The maximum absolute atomic E-state index is 5.58. The summed E-state index contributed by atoms with van der Waals surface area (Å²) >= 11 is 1.84. The summed E-state index contributed by atoms with van der Waals surface area (Å²) in [6.45, 7) is 9.72. The van der Waals surface area contributed by atoms with E-state index in [-0.39, 0.29) is 31.3 Å². The molecule has 0 saturated carbocycles. The molecular weight excluding hydrogens is 738 g/mol. The predicted molar refractivity (Wildman–Crippen MR) is 206 cm³/mol. The molecule has 7 aromatic rings. The van der Waals surface area contributed by atoms with Gasteiger partial charge in [-0.2, -0.15) is 0 Å². The van der Waals surface area contributed by atoms with E-state index in [2.05, 4.69) is 155 Å². The van der Waals surface area contributed by atoms with Crippen LogP contribution in [-0.2, 0) is 44.1 Å². The number of rotatable bonds is 3. The molecule has 0 radical (unpaired) electrons. The third-order valence-electron chi connectivity index (χ3n) is 10.7. The first kappa shape index (κ1) is 33.3. The second kappa shape index (κ2) is 12.7. The fourth-order valence-corrected chi connectivity index (χ4v) is 13.1. The van der Waals surface area contributed by atoms with Crippen molar-refractivity contribution in [2.24, 2.45) is 0 Å². The number of hydrogen-bond donors (Lipinski definition) is 0. The van der Waals surface area contributed by atoms with E-state index in [4.69, 9.17) is 9.97 Å². The van der Waals surface area contributed by atoms with Gasteiger partial charge in [0.15, 0.2) is 0 Å². The molecule has 0 unspecified atom stereocenters. The van der Waals surface area contributed by atoms with Gasteiger partial charge in [-0.3, -0.25) is 0 Å². The Morgan fingerprint density at radius 3 is 1.38 bits per heavy atom. The molecule has 3 aromatic carbocycles. The fourth-order valence-electron chi connectivity index (χ4n) is 8.39. The average molecular weight is 777 g/mol. The minimum atomic E-state index is -0.780. The Balaban J connectivity index is 0.00000361. The molecule has 1 aliphatic carbocycles. The molecule has 0 spiro atoms. The second-order valence-corrected chi connectivity index (χ2v) is 17.7. The number of fused-ring (bicyclic) bond motifs is 11. The van der Waals surface area contributed by atoms with Crippen LogP contribution in [0.2, 0.25) is 0 Å². The van der Waals surface area contributed by atoms with Crippen LogP contribution in [0.1, 0.15) is 89.7 Å². The number of aromatic nitrogens is 2. The van der Waals surface area contributed by atoms with Gasteiger partial charge in [0.25, 0.3) is 0 Å². The minimum absolute atomic E-state index is 0. The van der Waals surface area contributed by atoms with Gasteiger partial charge in [-0.05, 0) is 91.5 Å². The van der Waals surface area contributed by atoms with Crippen LogP contribution in [-0.4, -0.2) is 0 Å². The van der Waals surface area contributed by atoms with Crippen LogP contribution >= 0.6 is 18.9 Å². The van der Waals surface area contributed by atoms with Crippen LogP contribution in [0.4, 0.5) is 0 Å². The van der Waals surface area contributed by atoms with Crippen LogP contribution < -0.4 is 19.0 Å². The molecule has 8 bridgehead atoms. The summed E-state index contributed by atoms with van der Waals surface area (Å²) in [6.07, 6.45) is 3.48. The monoisotopic (exact) mass is 776 g/mol. The molecule has 0 N–H and O–H groups in total. The maximum atomic E-state index is 5.58. The summed E-state index contributed by atoms with van der Waals surface area (Å²) in [5.74, 6) is 0. The first-order valence-corrected chi connectivity index (χ1v) is 19.6. The molecular formula is C45H39N2PPdS. The summed E-state index contributed by atoms with van der Waals surface area (Å²) in [5.41, 5.74) is 11.8. The van der Waals surface area contributed by atoms with E-state index < -0.39 is 7.53 Å². The topological polar surface area (TPSA) is 28.2 Å². The summed E-state index contributed by atoms with van der Waals surface area (Å²) in [5, 5.41) is 4.60. The van der Waals surface area contributed by atoms with Gasteiger partial charge in [0.05, 0.1) is 0 Å². The van der Waals surface area contributed by atoms with E-state index in [1.807, 2.05) is 11.3 Å². The molecule has 5 heterocycles. The Hall–Kier alpha value is -3.90. The minimum Gasteiger partial charge on any atom is -0.660 e. The van der Waals surface area contributed by atoms with Gasteiger partial charge < -0.3 is 9.97 Å². The van der Waals surface area contributed by atoms with Crippen LogP contribution in [0, 0.1) is 0 Å². The Labute approximate surface area is 313 Å². The standard InChI is InChI=1S/C45H39N2PS.Pd/c1-44(2)38-27-23-34(46-38)40(29-15-8-5-9-16-29)36-25-26-37(49-36)41(30-17-10-6-11-18-30)35-24-28-39(47-35)45(3,4)43-33-22-14-21-32(33)42(44)48(43)31-19-12-7-13-20-31;/h5-13,15-20,23-28H,14,21-22H2,1-4H3;/q-2;+2/b40-36-,41-37-;. The van der Waals surface area contributed by atoms with E-state index in [0.717, 1.165) is 35.6 Å². The average Bonchev–Trinajstić information content (AvgIpc) is 3.95. The van der Waals surface area contributed by atoms with Crippen LogP contribution in [0.5, 0.6) is 0 Å². The maximum Gasteiger partial charge on any atom is 2.00 e. The number of benzene rings is 3. The fraction of sp³-hybridized carbons (Fsp3) is 0.200. The first-order chi connectivity index (χ1) is 23.8. The van der Waals surface area contributed by atoms with Crippen molar-refractivity contribution in [2.75, 3.05) is 0 Å². The van der Waals surface area contributed by atoms with Gasteiger partial charge in [-0.15, -0.1) is 34.1 Å². The molecule has 0 amide bonds. The number of thiophene rings is 1. The molecule has 5 heteroatoms. The van der Waals surface area contributed by atoms with Crippen LogP contribution in [0.3, 0.4) is 0 Å². The summed E-state index contributed by atoms with van der Waals surface area (Å²) in [4.78, 5) is 11.2. The summed E-state index contributed by atoms with van der Waals surface area (Å²) < 4.78 is 2.43. The number of hydrogen-bond acceptors (Lipinski definition) is 1. The van der Waals surface area contributed by atoms with Crippen molar-refractivity contribution in [3.05, 3.63) is 192 Å². The van der Waals surface area contributed by atoms with Crippen molar-refractivity contribution in [1.29, 1.82) is 0 Å². The van der Waals surface area contributed by atoms with Gasteiger partial charge in [0.1, 0.15) is 0 Å². The summed E-state index contributed by atoms with van der Waals surface area (Å²) in [7, 11) is -0.780. The molecule has 0 fully saturated rings. The molecule has 2 nitrogen and oxygen atoms in total. The molecule has 0 atom stereocenters. The number of nitrogens with zero attached hydrogens (tertiary/aromatic N) is 2. The van der Waals surface area contributed by atoms with Crippen molar-refractivity contribution >= 4 is 30.0 Å². The van der Waals surface area contributed by atoms with Crippen molar-refractivity contribution in [3.8, 4) is 5.30 Å². The zero-order valence-electron chi connectivity index (χ0n) is 28.8. The molecule has 0 saturated heterocycles. The third-order valence-corrected chi connectivity index (χ3v) is 15.2. The van der Waals surface area contributed by atoms with E-state index in [0.29, 0.717) is 0 Å². The smallest absolute Gasteiger partial charge is 0.660 e.